The predicted octanol–water partition coefficient (Wildman–Crippen LogP) is 4.44. The Hall–Kier alpha value is -3.23. The Morgan fingerprint density at radius 1 is 0.742 bits per heavy atom. The number of carbonyl (C=O) groups is 2. The molecule has 0 bridgehead atoms. The molecule has 3 aromatic rings. The van der Waals surface area contributed by atoms with E-state index in [-0.39, 0.29) is 27.4 Å². The van der Waals surface area contributed by atoms with Crippen LogP contribution in [0.2, 0.25) is 0 Å². The smallest absolute Gasteiger partial charge is 0.262 e. The number of benzene rings is 3. The molecule has 156 valence electrons. The van der Waals surface area contributed by atoms with E-state index in [0.29, 0.717) is 5.69 Å². The summed E-state index contributed by atoms with van der Waals surface area (Å²) in [6.07, 6.45) is 0. The molecule has 8 heteroatoms. The van der Waals surface area contributed by atoms with Crippen molar-refractivity contribution in [3.63, 3.8) is 0 Å². The molecule has 2 N–H and O–H groups in total. The molecule has 0 fully saturated rings. The normalized spacial score (nSPS) is 13.7. The number of anilines is 1. The first-order valence-electron chi connectivity index (χ1n) is 9.31. The summed E-state index contributed by atoms with van der Waals surface area (Å²) < 4.78 is 29.1. The van der Waals surface area contributed by atoms with Gasteiger partial charge in [-0.1, -0.05) is 57.9 Å². The van der Waals surface area contributed by atoms with Gasteiger partial charge in [0.2, 0.25) is 11.6 Å². The van der Waals surface area contributed by atoms with E-state index in [1.165, 1.54) is 18.2 Å². The number of halogens is 1. The Bertz CT molecular complexity index is 1330. The van der Waals surface area contributed by atoms with Gasteiger partial charge in [-0.2, -0.15) is 0 Å². The molecule has 3 aromatic carbocycles. The molecule has 0 aromatic heterocycles. The lowest BCUT2D eigenvalue weighted by Gasteiger charge is -2.23. The number of fused-ring (bicyclic) bond motifs is 1. The number of nitrogens with one attached hydrogen (secondary N) is 2. The maximum Gasteiger partial charge on any atom is 0.262 e. The van der Waals surface area contributed by atoms with Crippen LogP contribution >= 0.6 is 15.9 Å². The predicted molar refractivity (Wildman–Crippen MR) is 121 cm³/mol. The zero-order valence-corrected chi connectivity index (χ0v) is 18.7. The number of hydrogen-bond donors (Lipinski definition) is 2. The van der Waals surface area contributed by atoms with Gasteiger partial charge in [-0.3, -0.25) is 14.3 Å². The first-order chi connectivity index (χ1) is 14.8. The van der Waals surface area contributed by atoms with Crippen molar-refractivity contribution in [3.05, 3.63) is 105 Å². The van der Waals surface area contributed by atoms with Gasteiger partial charge >= 0.3 is 0 Å². The molecular formula is C23H17BrN2O4S. The minimum Gasteiger partial charge on any atom is -0.350 e. The standard InChI is InChI=1S/C23H17BrN2O4S/c1-14-6-12-17(13-7-14)31(29,30)26-21-20(25-16-10-8-15(24)9-11-16)22(27)18-4-2-3-5-19(18)23(21)28/h2-13,25-26H,1H3. The van der Waals surface area contributed by atoms with Crippen LogP contribution < -0.4 is 10.0 Å². The quantitative estimate of drug-likeness (QED) is 0.544. The fraction of sp³-hybridized carbons (Fsp3) is 0.0435. The Morgan fingerprint density at radius 3 is 1.87 bits per heavy atom. The second-order valence-electron chi connectivity index (χ2n) is 7.00. The fourth-order valence-electron chi connectivity index (χ4n) is 3.18. The minimum atomic E-state index is -4.10. The Kier molecular flexibility index (Phi) is 5.51. The average molecular weight is 497 g/mol. The number of aryl methyl sites for hydroxylation is 1. The molecule has 0 unspecified atom stereocenters. The molecule has 0 heterocycles. The van der Waals surface area contributed by atoms with E-state index >= 15 is 0 Å². The number of allylic oxidation sites excluding steroid dienone is 2. The second-order valence-corrected chi connectivity index (χ2v) is 9.60. The number of hydrogen-bond acceptors (Lipinski definition) is 5. The van der Waals surface area contributed by atoms with Crippen LogP contribution in [0, 0.1) is 6.92 Å². The van der Waals surface area contributed by atoms with E-state index < -0.39 is 21.6 Å². The van der Waals surface area contributed by atoms with Gasteiger partial charge in [0.05, 0.1) is 4.90 Å². The van der Waals surface area contributed by atoms with Gasteiger partial charge < -0.3 is 5.32 Å². The summed E-state index contributed by atoms with van der Waals surface area (Å²) in [6.45, 7) is 1.84. The number of Topliss-reactive ketones (excluding diaryl/α,β-unsaturated/α-hetero) is 2. The summed E-state index contributed by atoms with van der Waals surface area (Å²) in [5.74, 6) is -1.05. The zero-order valence-electron chi connectivity index (χ0n) is 16.3. The van der Waals surface area contributed by atoms with Crippen LogP contribution in [0.3, 0.4) is 0 Å². The van der Waals surface area contributed by atoms with Crippen molar-refractivity contribution >= 4 is 43.2 Å². The van der Waals surface area contributed by atoms with E-state index in [0.717, 1.165) is 10.0 Å². The van der Waals surface area contributed by atoms with Crippen molar-refractivity contribution in [2.45, 2.75) is 11.8 Å². The molecule has 0 aliphatic heterocycles. The number of ketones is 2. The van der Waals surface area contributed by atoms with E-state index in [9.17, 15) is 18.0 Å². The maximum absolute atomic E-state index is 13.2. The first-order valence-corrected chi connectivity index (χ1v) is 11.6. The lowest BCUT2D eigenvalue weighted by molar-refractivity contribution is 0.0972. The molecule has 0 atom stereocenters. The minimum absolute atomic E-state index is 0.00676. The molecule has 4 rings (SSSR count). The summed E-state index contributed by atoms with van der Waals surface area (Å²) in [5, 5.41) is 2.92. The van der Waals surface area contributed by atoms with Crippen LogP contribution in [0.1, 0.15) is 26.3 Å². The molecule has 6 nitrogen and oxygen atoms in total. The van der Waals surface area contributed by atoms with Gasteiger partial charge in [0.25, 0.3) is 10.0 Å². The Morgan fingerprint density at radius 2 is 1.29 bits per heavy atom. The summed E-state index contributed by atoms with van der Waals surface area (Å²) in [6, 6.07) is 19.5. The molecule has 31 heavy (non-hydrogen) atoms. The number of carbonyl (C=O) groups excluding carboxylic acids is 2. The number of sulfonamides is 1. The lowest BCUT2D eigenvalue weighted by Crippen LogP contribution is -2.36. The van der Waals surface area contributed by atoms with Crippen molar-refractivity contribution in [2.75, 3.05) is 5.32 Å². The molecule has 0 saturated carbocycles. The fourth-order valence-corrected chi connectivity index (χ4v) is 4.52. The SMILES string of the molecule is Cc1ccc(S(=O)(=O)NC2=C(Nc3ccc(Br)cc3)C(=O)c3ccccc3C2=O)cc1. The largest absolute Gasteiger partial charge is 0.350 e. The summed E-state index contributed by atoms with van der Waals surface area (Å²) in [5.41, 5.74) is 1.36. The van der Waals surface area contributed by atoms with E-state index in [1.807, 2.05) is 6.92 Å². The van der Waals surface area contributed by atoms with Gasteiger partial charge in [0.15, 0.2) is 0 Å². The summed E-state index contributed by atoms with van der Waals surface area (Å²) >= 11 is 3.34. The third kappa shape index (κ3) is 4.17. The second kappa shape index (κ2) is 8.13. The highest BCUT2D eigenvalue weighted by Gasteiger charge is 2.34. The lowest BCUT2D eigenvalue weighted by atomic mass is 9.90. The topological polar surface area (TPSA) is 92.3 Å². The molecule has 0 radical (unpaired) electrons. The highest BCUT2D eigenvalue weighted by atomic mass is 79.9. The van der Waals surface area contributed by atoms with Crippen molar-refractivity contribution in [1.29, 1.82) is 0 Å². The third-order valence-corrected chi connectivity index (χ3v) is 6.70. The molecule has 0 amide bonds. The molecule has 1 aliphatic rings. The highest BCUT2D eigenvalue weighted by Crippen LogP contribution is 2.28. The van der Waals surface area contributed by atoms with Gasteiger partial charge in [0, 0.05) is 21.3 Å². The summed E-state index contributed by atoms with van der Waals surface area (Å²) in [4.78, 5) is 26.4. The van der Waals surface area contributed by atoms with Crippen LogP contribution in [-0.4, -0.2) is 20.0 Å². The van der Waals surface area contributed by atoms with Crippen LogP contribution in [0.15, 0.2) is 93.6 Å². The first kappa shape index (κ1) is 21.0. The van der Waals surface area contributed by atoms with Crippen molar-refractivity contribution < 1.29 is 18.0 Å². The maximum atomic E-state index is 13.2. The Balaban J connectivity index is 1.82. The van der Waals surface area contributed by atoms with Crippen molar-refractivity contribution in [3.8, 4) is 0 Å². The monoisotopic (exact) mass is 496 g/mol. The van der Waals surface area contributed by atoms with Gasteiger partial charge in [-0.25, -0.2) is 8.42 Å². The average Bonchev–Trinajstić information content (AvgIpc) is 2.76. The van der Waals surface area contributed by atoms with E-state index in [4.69, 9.17) is 0 Å². The van der Waals surface area contributed by atoms with E-state index in [2.05, 4.69) is 26.0 Å². The zero-order chi connectivity index (χ0) is 22.2. The van der Waals surface area contributed by atoms with Crippen LogP contribution in [0.25, 0.3) is 0 Å². The van der Waals surface area contributed by atoms with Gasteiger partial charge in [-0.05, 0) is 43.3 Å². The molecule has 0 saturated heterocycles. The van der Waals surface area contributed by atoms with Gasteiger partial charge in [-0.15, -0.1) is 0 Å². The number of rotatable bonds is 5. The highest BCUT2D eigenvalue weighted by molar-refractivity contribution is 9.10. The van der Waals surface area contributed by atoms with Crippen LogP contribution in [0.4, 0.5) is 5.69 Å². The van der Waals surface area contributed by atoms with E-state index in [1.54, 1.807) is 54.6 Å². The third-order valence-electron chi connectivity index (χ3n) is 4.80. The molecule has 0 spiro atoms. The summed E-state index contributed by atoms with van der Waals surface area (Å²) in [7, 11) is -4.10. The van der Waals surface area contributed by atoms with Crippen molar-refractivity contribution in [2.24, 2.45) is 0 Å². The van der Waals surface area contributed by atoms with Crippen LogP contribution in [0.5, 0.6) is 0 Å². The molecular weight excluding hydrogens is 480 g/mol. The van der Waals surface area contributed by atoms with Crippen molar-refractivity contribution in [1.82, 2.24) is 4.72 Å². The van der Waals surface area contributed by atoms with Crippen LogP contribution in [-0.2, 0) is 10.0 Å². The van der Waals surface area contributed by atoms with Gasteiger partial charge in [0.1, 0.15) is 11.4 Å². The molecule has 1 aliphatic carbocycles. The Labute approximate surface area is 188 Å².